The molecule has 0 saturated heterocycles. The molecule has 4 nitrogen and oxygen atoms in total. The van der Waals surface area contributed by atoms with Gasteiger partial charge in [-0.15, -0.1) is 0 Å². The van der Waals surface area contributed by atoms with Crippen molar-refractivity contribution < 1.29 is 14.7 Å². The van der Waals surface area contributed by atoms with E-state index in [4.69, 9.17) is 0 Å². The lowest BCUT2D eigenvalue weighted by atomic mass is 9.98. The number of fused-ring (bicyclic) bond motifs is 1. The molecule has 0 heterocycles. The number of rotatable bonds is 5. The molecule has 1 aromatic rings. The average molecular weight is 275 g/mol. The first-order chi connectivity index (χ1) is 9.49. The predicted molar refractivity (Wildman–Crippen MR) is 76.5 cm³/mol. The lowest BCUT2D eigenvalue weighted by Crippen LogP contribution is -2.43. The van der Waals surface area contributed by atoms with E-state index in [1.165, 1.54) is 5.56 Å². The van der Waals surface area contributed by atoms with E-state index in [9.17, 15) is 14.7 Å². The first kappa shape index (κ1) is 14.6. The highest BCUT2D eigenvalue weighted by Crippen LogP contribution is 2.33. The highest BCUT2D eigenvalue weighted by atomic mass is 16.4. The van der Waals surface area contributed by atoms with Crippen molar-refractivity contribution in [2.24, 2.45) is 5.92 Å². The van der Waals surface area contributed by atoms with Crippen LogP contribution in [-0.2, 0) is 16.0 Å². The van der Waals surface area contributed by atoms with Gasteiger partial charge >= 0.3 is 5.97 Å². The van der Waals surface area contributed by atoms with Crippen molar-refractivity contribution in [1.29, 1.82) is 0 Å². The molecule has 0 aromatic heterocycles. The predicted octanol–water partition coefficient (Wildman–Crippen LogP) is 2.33. The third-order valence-electron chi connectivity index (χ3n) is 3.77. The SMILES string of the molecule is CC(C)C[C@@H](NC(=O)C1CCc2ccccc21)C(=O)O. The Morgan fingerprint density at radius 2 is 2.05 bits per heavy atom. The van der Waals surface area contributed by atoms with Gasteiger partial charge < -0.3 is 10.4 Å². The molecular weight excluding hydrogens is 254 g/mol. The minimum absolute atomic E-state index is 0.164. The standard InChI is InChI=1S/C16H21NO3/c1-10(2)9-14(16(19)20)17-15(18)13-8-7-11-5-3-4-6-12(11)13/h3-6,10,13-14H,7-9H2,1-2H3,(H,17,18)(H,19,20)/t13?,14-/m1/s1. The summed E-state index contributed by atoms with van der Waals surface area (Å²) in [7, 11) is 0. The number of carboxylic acid groups (broad SMARTS) is 1. The molecule has 4 heteroatoms. The van der Waals surface area contributed by atoms with Crippen LogP contribution < -0.4 is 5.32 Å². The van der Waals surface area contributed by atoms with Gasteiger partial charge in [-0.2, -0.15) is 0 Å². The number of carboxylic acids is 1. The molecule has 0 spiro atoms. The summed E-state index contributed by atoms with van der Waals surface area (Å²) in [5, 5.41) is 11.9. The van der Waals surface area contributed by atoms with E-state index in [1.807, 2.05) is 38.1 Å². The zero-order valence-corrected chi connectivity index (χ0v) is 11.9. The van der Waals surface area contributed by atoms with Crippen LogP contribution in [0.25, 0.3) is 0 Å². The van der Waals surface area contributed by atoms with E-state index in [0.29, 0.717) is 6.42 Å². The summed E-state index contributed by atoms with van der Waals surface area (Å²) in [5.41, 5.74) is 2.24. The van der Waals surface area contributed by atoms with E-state index in [-0.39, 0.29) is 17.7 Å². The number of nitrogens with one attached hydrogen (secondary N) is 1. The van der Waals surface area contributed by atoms with Crippen LogP contribution in [0.15, 0.2) is 24.3 Å². The molecular formula is C16H21NO3. The Kier molecular flexibility index (Phi) is 4.42. The molecule has 0 radical (unpaired) electrons. The van der Waals surface area contributed by atoms with Crippen molar-refractivity contribution in [1.82, 2.24) is 5.32 Å². The van der Waals surface area contributed by atoms with E-state index >= 15 is 0 Å². The number of amides is 1. The summed E-state index contributed by atoms with van der Waals surface area (Å²) < 4.78 is 0. The lowest BCUT2D eigenvalue weighted by molar-refractivity contribution is -0.142. The number of carbonyl (C=O) groups excluding carboxylic acids is 1. The number of benzene rings is 1. The van der Waals surface area contributed by atoms with Gasteiger partial charge in [-0.05, 0) is 36.3 Å². The average Bonchev–Trinajstić information content (AvgIpc) is 2.81. The van der Waals surface area contributed by atoms with Gasteiger partial charge in [0, 0.05) is 0 Å². The van der Waals surface area contributed by atoms with E-state index in [2.05, 4.69) is 5.32 Å². The van der Waals surface area contributed by atoms with Gasteiger partial charge in [-0.25, -0.2) is 4.79 Å². The van der Waals surface area contributed by atoms with Crippen molar-refractivity contribution in [3.05, 3.63) is 35.4 Å². The Hall–Kier alpha value is -1.84. The molecule has 1 unspecified atom stereocenters. The molecule has 1 amide bonds. The number of aliphatic carboxylic acids is 1. The lowest BCUT2D eigenvalue weighted by Gasteiger charge is -2.19. The van der Waals surface area contributed by atoms with Crippen LogP contribution in [-0.4, -0.2) is 23.0 Å². The van der Waals surface area contributed by atoms with Crippen LogP contribution in [0, 0.1) is 5.92 Å². The summed E-state index contributed by atoms with van der Waals surface area (Å²) in [5.74, 6) is -1.10. The van der Waals surface area contributed by atoms with Gasteiger partial charge in [0.15, 0.2) is 0 Å². The molecule has 1 aromatic carbocycles. The van der Waals surface area contributed by atoms with Crippen molar-refractivity contribution in [3.8, 4) is 0 Å². The minimum Gasteiger partial charge on any atom is -0.480 e. The van der Waals surface area contributed by atoms with Gasteiger partial charge in [0.2, 0.25) is 5.91 Å². The summed E-state index contributed by atoms with van der Waals surface area (Å²) in [4.78, 5) is 23.5. The van der Waals surface area contributed by atoms with E-state index in [1.54, 1.807) is 0 Å². The molecule has 1 aliphatic rings. The molecule has 1 aliphatic carbocycles. The Morgan fingerprint density at radius 1 is 1.35 bits per heavy atom. The third kappa shape index (κ3) is 3.18. The summed E-state index contributed by atoms with van der Waals surface area (Å²) >= 11 is 0. The van der Waals surface area contributed by atoms with Crippen LogP contribution in [0.5, 0.6) is 0 Å². The molecule has 0 aliphatic heterocycles. The van der Waals surface area contributed by atoms with E-state index in [0.717, 1.165) is 18.4 Å². The maximum absolute atomic E-state index is 12.3. The highest BCUT2D eigenvalue weighted by molar-refractivity contribution is 5.89. The summed E-state index contributed by atoms with van der Waals surface area (Å²) in [6.45, 7) is 3.90. The quantitative estimate of drug-likeness (QED) is 0.866. The minimum atomic E-state index is -0.960. The fourth-order valence-electron chi connectivity index (χ4n) is 2.79. The number of hydrogen-bond donors (Lipinski definition) is 2. The summed E-state index contributed by atoms with van der Waals surface area (Å²) in [6.07, 6.45) is 2.10. The second-order valence-electron chi connectivity index (χ2n) is 5.82. The van der Waals surface area contributed by atoms with Crippen LogP contribution in [0.3, 0.4) is 0 Å². The fourth-order valence-corrected chi connectivity index (χ4v) is 2.79. The molecule has 2 atom stereocenters. The van der Waals surface area contributed by atoms with Crippen LogP contribution in [0.4, 0.5) is 0 Å². The third-order valence-corrected chi connectivity index (χ3v) is 3.77. The molecule has 0 fully saturated rings. The first-order valence-corrected chi connectivity index (χ1v) is 7.10. The van der Waals surface area contributed by atoms with Crippen LogP contribution in [0.1, 0.15) is 43.7 Å². The van der Waals surface area contributed by atoms with E-state index < -0.39 is 12.0 Å². The van der Waals surface area contributed by atoms with Gasteiger partial charge in [-0.3, -0.25) is 4.79 Å². The van der Waals surface area contributed by atoms with Gasteiger partial charge in [-0.1, -0.05) is 38.1 Å². The molecule has 2 N–H and O–H groups in total. The van der Waals surface area contributed by atoms with Crippen molar-refractivity contribution in [2.45, 2.75) is 45.1 Å². The maximum Gasteiger partial charge on any atom is 0.326 e. The number of hydrogen-bond acceptors (Lipinski definition) is 2. The number of carbonyl (C=O) groups is 2. The Balaban J connectivity index is 2.07. The van der Waals surface area contributed by atoms with Crippen LogP contribution >= 0.6 is 0 Å². The molecule has 0 saturated carbocycles. The Bertz CT molecular complexity index is 510. The van der Waals surface area contributed by atoms with Crippen molar-refractivity contribution in [3.63, 3.8) is 0 Å². The van der Waals surface area contributed by atoms with Gasteiger partial charge in [0.25, 0.3) is 0 Å². The second-order valence-corrected chi connectivity index (χ2v) is 5.82. The zero-order valence-electron chi connectivity index (χ0n) is 11.9. The fraction of sp³-hybridized carbons (Fsp3) is 0.500. The largest absolute Gasteiger partial charge is 0.480 e. The molecule has 0 bridgehead atoms. The topological polar surface area (TPSA) is 66.4 Å². The summed E-state index contributed by atoms with van der Waals surface area (Å²) in [6, 6.07) is 7.09. The monoisotopic (exact) mass is 275 g/mol. The molecule has 2 rings (SSSR count). The zero-order chi connectivity index (χ0) is 14.7. The van der Waals surface area contributed by atoms with Crippen molar-refractivity contribution >= 4 is 11.9 Å². The second kappa shape index (κ2) is 6.07. The Labute approximate surface area is 119 Å². The normalized spacial score (nSPS) is 18.6. The molecule has 20 heavy (non-hydrogen) atoms. The van der Waals surface area contributed by atoms with Gasteiger partial charge in [0.1, 0.15) is 6.04 Å². The molecule has 108 valence electrons. The Morgan fingerprint density at radius 3 is 2.70 bits per heavy atom. The highest BCUT2D eigenvalue weighted by Gasteiger charge is 2.31. The van der Waals surface area contributed by atoms with Crippen LogP contribution in [0.2, 0.25) is 0 Å². The number of aryl methyl sites for hydroxylation is 1. The first-order valence-electron chi connectivity index (χ1n) is 7.10. The smallest absolute Gasteiger partial charge is 0.326 e. The van der Waals surface area contributed by atoms with Gasteiger partial charge in [0.05, 0.1) is 5.92 Å². The maximum atomic E-state index is 12.3. The van der Waals surface area contributed by atoms with Crippen molar-refractivity contribution in [2.75, 3.05) is 0 Å².